The van der Waals surface area contributed by atoms with E-state index in [4.69, 9.17) is 0 Å². The number of thioether (sulfide) groups is 1. The molecule has 0 aliphatic carbocycles. The topological polar surface area (TPSA) is 54.5 Å². The quantitative estimate of drug-likeness (QED) is 0.777. The largest absolute Gasteiger partial charge is 0.243 e. The Morgan fingerprint density at radius 2 is 2.06 bits per heavy atom. The van der Waals surface area contributed by atoms with Crippen LogP contribution < -0.4 is 0 Å². The first-order valence-electron chi connectivity index (χ1n) is 5.29. The van der Waals surface area contributed by atoms with E-state index in [1.165, 1.54) is 5.56 Å². The van der Waals surface area contributed by atoms with E-state index in [2.05, 4.69) is 44.9 Å². The molecule has 0 unspecified atom stereocenters. The van der Waals surface area contributed by atoms with Gasteiger partial charge in [0.1, 0.15) is 5.82 Å². The maximum atomic E-state index is 3.85. The standard InChI is InChI=1S/C11H14N4S/c1-2-5-10(6-3-1)9-16-8-4-7-11-12-14-15-13-11/h1-3,5-6H,4,7-9H2,(H,12,13,14,15). The van der Waals surface area contributed by atoms with Gasteiger partial charge in [0.15, 0.2) is 0 Å². The molecule has 16 heavy (non-hydrogen) atoms. The highest BCUT2D eigenvalue weighted by Gasteiger charge is 1.97. The van der Waals surface area contributed by atoms with Gasteiger partial charge in [0, 0.05) is 12.2 Å². The first-order chi connectivity index (χ1) is 7.95. The predicted molar refractivity (Wildman–Crippen MR) is 65.1 cm³/mol. The zero-order chi connectivity index (χ0) is 11.1. The first kappa shape index (κ1) is 11.1. The highest BCUT2D eigenvalue weighted by atomic mass is 32.2. The monoisotopic (exact) mass is 234 g/mol. The molecule has 0 saturated heterocycles. The van der Waals surface area contributed by atoms with Crippen molar-refractivity contribution in [3.8, 4) is 0 Å². The Morgan fingerprint density at radius 1 is 1.19 bits per heavy atom. The van der Waals surface area contributed by atoms with Crippen LogP contribution in [0.5, 0.6) is 0 Å². The van der Waals surface area contributed by atoms with Crippen molar-refractivity contribution in [2.24, 2.45) is 0 Å². The third-order valence-corrected chi connectivity index (χ3v) is 3.32. The highest BCUT2D eigenvalue weighted by molar-refractivity contribution is 7.98. The molecule has 0 spiro atoms. The molecule has 1 N–H and O–H groups in total. The minimum Gasteiger partial charge on any atom is -0.243 e. The Kier molecular flexibility index (Phi) is 4.37. The fourth-order valence-electron chi connectivity index (χ4n) is 1.39. The number of H-pyrrole nitrogens is 1. The zero-order valence-corrected chi connectivity index (χ0v) is 9.78. The molecule has 2 aromatic rings. The van der Waals surface area contributed by atoms with E-state index in [1.807, 2.05) is 17.8 Å². The van der Waals surface area contributed by atoms with E-state index >= 15 is 0 Å². The number of benzene rings is 1. The van der Waals surface area contributed by atoms with Crippen molar-refractivity contribution >= 4 is 11.8 Å². The minimum atomic E-state index is 0.875. The van der Waals surface area contributed by atoms with Gasteiger partial charge in [0.2, 0.25) is 0 Å². The Morgan fingerprint density at radius 3 is 2.81 bits per heavy atom. The molecule has 1 heterocycles. The summed E-state index contributed by atoms with van der Waals surface area (Å²) in [5.41, 5.74) is 1.38. The lowest BCUT2D eigenvalue weighted by molar-refractivity contribution is 0.847. The van der Waals surface area contributed by atoms with Crippen molar-refractivity contribution in [1.82, 2.24) is 20.6 Å². The molecule has 0 saturated carbocycles. The van der Waals surface area contributed by atoms with E-state index in [0.29, 0.717) is 0 Å². The Hall–Kier alpha value is -1.36. The van der Waals surface area contributed by atoms with Gasteiger partial charge in [-0.25, -0.2) is 5.10 Å². The second-order valence-electron chi connectivity index (χ2n) is 3.49. The molecule has 4 nitrogen and oxygen atoms in total. The van der Waals surface area contributed by atoms with E-state index in [-0.39, 0.29) is 0 Å². The lowest BCUT2D eigenvalue weighted by atomic mass is 10.2. The summed E-state index contributed by atoms with van der Waals surface area (Å²) in [6, 6.07) is 10.5. The van der Waals surface area contributed by atoms with E-state index in [9.17, 15) is 0 Å². The average molecular weight is 234 g/mol. The van der Waals surface area contributed by atoms with Crippen molar-refractivity contribution < 1.29 is 0 Å². The summed E-state index contributed by atoms with van der Waals surface area (Å²) in [4.78, 5) is 0. The number of nitrogens with zero attached hydrogens (tertiary/aromatic N) is 3. The molecule has 5 heteroatoms. The van der Waals surface area contributed by atoms with Crippen molar-refractivity contribution in [2.45, 2.75) is 18.6 Å². The van der Waals surface area contributed by atoms with Gasteiger partial charge in [-0.1, -0.05) is 30.3 Å². The lowest BCUT2D eigenvalue weighted by Crippen LogP contribution is -1.91. The SMILES string of the molecule is c1ccc(CSCCCc2nnn[nH]2)cc1. The number of aromatic amines is 1. The average Bonchev–Trinajstić information content (AvgIpc) is 2.83. The van der Waals surface area contributed by atoms with Gasteiger partial charge >= 0.3 is 0 Å². The van der Waals surface area contributed by atoms with Crippen molar-refractivity contribution in [3.05, 3.63) is 41.7 Å². The second-order valence-corrected chi connectivity index (χ2v) is 4.59. The first-order valence-corrected chi connectivity index (χ1v) is 6.45. The Bertz CT molecular complexity index is 388. The van der Waals surface area contributed by atoms with E-state index in [1.54, 1.807) is 0 Å². The molecule has 0 aliphatic heterocycles. The van der Waals surface area contributed by atoms with Crippen LogP contribution in [0.15, 0.2) is 30.3 Å². The molecule has 0 fully saturated rings. The van der Waals surface area contributed by atoms with Crippen LogP contribution >= 0.6 is 11.8 Å². The number of aryl methyl sites for hydroxylation is 1. The van der Waals surface area contributed by atoms with Crippen LogP contribution in [-0.4, -0.2) is 26.4 Å². The fraction of sp³-hybridized carbons (Fsp3) is 0.364. The molecule has 1 aromatic carbocycles. The van der Waals surface area contributed by atoms with Gasteiger partial charge in [-0.05, 0) is 28.2 Å². The molecule has 2 rings (SSSR count). The minimum absolute atomic E-state index is 0.875. The summed E-state index contributed by atoms with van der Waals surface area (Å²) in [5, 5.41) is 13.7. The third-order valence-electron chi connectivity index (χ3n) is 2.20. The van der Waals surface area contributed by atoms with Gasteiger partial charge in [-0.3, -0.25) is 0 Å². The van der Waals surface area contributed by atoms with E-state index < -0.39 is 0 Å². The summed E-state index contributed by atoms with van der Waals surface area (Å²) >= 11 is 1.95. The molecular formula is C11H14N4S. The fourth-order valence-corrected chi connectivity index (χ4v) is 2.31. The van der Waals surface area contributed by atoms with Gasteiger partial charge in [0.05, 0.1) is 0 Å². The number of aromatic nitrogens is 4. The predicted octanol–water partition coefficient (Wildman–Crippen LogP) is 2.07. The van der Waals surface area contributed by atoms with Gasteiger partial charge < -0.3 is 0 Å². The molecule has 0 aliphatic rings. The van der Waals surface area contributed by atoms with Gasteiger partial charge in [0.25, 0.3) is 0 Å². The molecule has 84 valence electrons. The smallest absolute Gasteiger partial charge is 0.148 e. The number of nitrogens with one attached hydrogen (secondary N) is 1. The van der Waals surface area contributed by atoms with Gasteiger partial charge in [-0.2, -0.15) is 11.8 Å². The summed E-state index contributed by atoms with van der Waals surface area (Å²) in [6.45, 7) is 0. The van der Waals surface area contributed by atoms with Crippen LogP contribution in [0.3, 0.4) is 0 Å². The maximum absolute atomic E-state index is 3.85. The Labute approximate surface area is 98.8 Å². The third kappa shape index (κ3) is 3.66. The normalized spacial score (nSPS) is 10.5. The number of rotatable bonds is 6. The maximum Gasteiger partial charge on any atom is 0.148 e. The van der Waals surface area contributed by atoms with E-state index in [0.717, 1.165) is 30.2 Å². The summed E-state index contributed by atoms with van der Waals surface area (Å²) in [5.74, 6) is 3.09. The van der Waals surface area contributed by atoms with Crippen LogP contribution in [0.1, 0.15) is 17.8 Å². The molecular weight excluding hydrogens is 220 g/mol. The summed E-state index contributed by atoms with van der Waals surface area (Å²) in [6.07, 6.45) is 2.03. The summed E-state index contributed by atoms with van der Waals surface area (Å²) < 4.78 is 0. The Balaban J connectivity index is 1.59. The van der Waals surface area contributed by atoms with Crippen LogP contribution in [0.25, 0.3) is 0 Å². The van der Waals surface area contributed by atoms with Crippen molar-refractivity contribution in [1.29, 1.82) is 0 Å². The second kappa shape index (κ2) is 6.27. The van der Waals surface area contributed by atoms with Crippen LogP contribution in [0.2, 0.25) is 0 Å². The van der Waals surface area contributed by atoms with Gasteiger partial charge in [-0.15, -0.1) is 5.10 Å². The molecule has 0 atom stereocenters. The number of tetrazole rings is 1. The molecule has 1 aromatic heterocycles. The van der Waals surface area contributed by atoms with Crippen LogP contribution in [0, 0.1) is 0 Å². The molecule has 0 amide bonds. The number of hydrogen-bond acceptors (Lipinski definition) is 4. The highest BCUT2D eigenvalue weighted by Crippen LogP contribution is 2.13. The van der Waals surface area contributed by atoms with Crippen molar-refractivity contribution in [3.63, 3.8) is 0 Å². The zero-order valence-electron chi connectivity index (χ0n) is 8.97. The number of hydrogen-bond donors (Lipinski definition) is 1. The molecule has 0 bridgehead atoms. The lowest BCUT2D eigenvalue weighted by Gasteiger charge is -2.00. The van der Waals surface area contributed by atoms with Crippen molar-refractivity contribution in [2.75, 3.05) is 5.75 Å². The van der Waals surface area contributed by atoms with Crippen LogP contribution in [0.4, 0.5) is 0 Å². The summed E-state index contributed by atoms with van der Waals surface area (Å²) in [7, 11) is 0. The molecule has 0 radical (unpaired) electrons. The van der Waals surface area contributed by atoms with Crippen LogP contribution in [-0.2, 0) is 12.2 Å².